The van der Waals surface area contributed by atoms with Crippen molar-refractivity contribution in [2.24, 2.45) is 0 Å². The van der Waals surface area contributed by atoms with E-state index in [2.05, 4.69) is 26.8 Å². The molecule has 0 saturated carbocycles. The van der Waals surface area contributed by atoms with Crippen molar-refractivity contribution in [3.63, 3.8) is 0 Å². The van der Waals surface area contributed by atoms with Gasteiger partial charge in [-0.3, -0.25) is 15.1 Å². The van der Waals surface area contributed by atoms with Crippen molar-refractivity contribution in [3.05, 3.63) is 34.5 Å². The summed E-state index contributed by atoms with van der Waals surface area (Å²) in [6, 6.07) is 4.57. The molecule has 104 valence electrons. The van der Waals surface area contributed by atoms with Crippen molar-refractivity contribution < 1.29 is 4.92 Å². The van der Waals surface area contributed by atoms with Gasteiger partial charge in [-0.25, -0.2) is 4.98 Å². The number of piperazine rings is 1. The van der Waals surface area contributed by atoms with Crippen molar-refractivity contribution in [2.45, 2.75) is 0 Å². The van der Waals surface area contributed by atoms with Gasteiger partial charge in [-0.15, -0.1) is 0 Å². The van der Waals surface area contributed by atoms with Crippen LogP contribution in [-0.4, -0.2) is 53.0 Å². The maximum atomic E-state index is 10.7. The third-order valence-corrected chi connectivity index (χ3v) is 3.55. The number of hydrogen-bond donors (Lipinski definition) is 0. The molecule has 1 saturated heterocycles. The summed E-state index contributed by atoms with van der Waals surface area (Å²) < 4.78 is 0. The lowest BCUT2D eigenvalue weighted by Crippen LogP contribution is -2.44. The van der Waals surface area contributed by atoms with Crippen LogP contribution < -0.4 is 4.90 Å². The number of rotatable bonds is 2. The first-order valence-corrected chi connectivity index (χ1v) is 6.48. The zero-order valence-corrected chi connectivity index (χ0v) is 11.2. The highest BCUT2D eigenvalue weighted by molar-refractivity contribution is 5.78. The summed E-state index contributed by atoms with van der Waals surface area (Å²) in [5.41, 5.74) is 1.28. The first kappa shape index (κ1) is 12.7. The van der Waals surface area contributed by atoms with Gasteiger partial charge in [0.25, 0.3) is 5.69 Å². The summed E-state index contributed by atoms with van der Waals surface area (Å²) in [6.45, 7) is 3.84. The highest BCUT2D eigenvalue weighted by atomic mass is 16.6. The molecule has 0 aliphatic carbocycles. The number of nitro groups is 1. The van der Waals surface area contributed by atoms with Crippen LogP contribution >= 0.6 is 0 Å². The van der Waals surface area contributed by atoms with Gasteiger partial charge in [-0.2, -0.15) is 0 Å². The van der Waals surface area contributed by atoms with Gasteiger partial charge in [0.05, 0.1) is 22.2 Å². The molecule has 0 spiro atoms. The van der Waals surface area contributed by atoms with Gasteiger partial charge in [-0.05, 0) is 13.1 Å². The Morgan fingerprint density at radius 3 is 2.65 bits per heavy atom. The largest absolute Gasteiger partial charge is 0.353 e. The second-order valence-corrected chi connectivity index (χ2v) is 4.95. The van der Waals surface area contributed by atoms with E-state index >= 15 is 0 Å². The number of anilines is 1. The zero-order valence-electron chi connectivity index (χ0n) is 11.2. The molecule has 2 heterocycles. The average molecular weight is 273 g/mol. The molecule has 3 rings (SSSR count). The average Bonchev–Trinajstić information content (AvgIpc) is 2.47. The molecule has 0 radical (unpaired) electrons. The van der Waals surface area contributed by atoms with Gasteiger partial charge < -0.3 is 9.80 Å². The number of fused-ring (bicyclic) bond motifs is 1. The molecule has 2 aromatic rings. The van der Waals surface area contributed by atoms with Crippen LogP contribution in [0.25, 0.3) is 11.0 Å². The van der Waals surface area contributed by atoms with E-state index in [9.17, 15) is 10.1 Å². The lowest BCUT2D eigenvalue weighted by molar-refractivity contribution is -0.384. The Hall–Kier alpha value is -2.28. The van der Waals surface area contributed by atoms with Crippen LogP contribution in [0.2, 0.25) is 0 Å². The number of aromatic nitrogens is 2. The normalized spacial score (nSPS) is 16.6. The Bertz CT molecular complexity index is 652. The van der Waals surface area contributed by atoms with Crippen molar-refractivity contribution in [1.29, 1.82) is 0 Å². The SMILES string of the molecule is CN1CCN(c2cnc3cc([N+](=O)[O-])ccc3n2)CC1. The lowest BCUT2D eigenvalue weighted by atomic mass is 10.2. The highest BCUT2D eigenvalue weighted by Gasteiger charge is 2.16. The van der Waals surface area contributed by atoms with Gasteiger partial charge in [0.2, 0.25) is 0 Å². The summed E-state index contributed by atoms with van der Waals surface area (Å²) >= 11 is 0. The Kier molecular flexibility index (Phi) is 3.19. The minimum Gasteiger partial charge on any atom is -0.353 e. The molecule has 20 heavy (non-hydrogen) atoms. The topological polar surface area (TPSA) is 75.4 Å². The van der Waals surface area contributed by atoms with Crippen molar-refractivity contribution in [3.8, 4) is 0 Å². The van der Waals surface area contributed by atoms with Crippen LogP contribution in [0.1, 0.15) is 0 Å². The molecule has 7 heteroatoms. The zero-order chi connectivity index (χ0) is 14.1. The minimum absolute atomic E-state index is 0.0409. The summed E-state index contributed by atoms with van der Waals surface area (Å²) in [5, 5.41) is 10.7. The van der Waals surface area contributed by atoms with Gasteiger partial charge in [0, 0.05) is 38.3 Å². The number of nitrogens with zero attached hydrogens (tertiary/aromatic N) is 5. The molecule has 1 fully saturated rings. The summed E-state index contributed by atoms with van der Waals surface area (Å²) in [5.74, 6) is 0.833. The number of benzene rings is 1. The highest BCUT2D eigenvalue weighted by Crippen LogP contribution is 2.20. The van der Waals surface area contributed by atoms with E-state index in [4.69, 9.17) is 0 Å². The standard InChI is InChI=1S/C13H15N5O2/c1-16-4-6-17(7-5-16)13-9-14-12-8-10(18(19)20)2-3-11(12)15-13/h2-3,8-9H,4-7H2,1H3. The third kappa shape index (κ3) is 2.39. The number of nitro benzene ring substituents is 1. The van der Waals surface area contributed by atoms with E-state index in [0.717, 1.165) is 32.0 Å². The molecule has 1 aromatic heterocycles. The molecule has 1 aliphatic rings. The fourth-order valence-corrected chi connectivity index (χ4v) is 2.29. The molecule has 0 unspecified atom stereocenters. The van der Waals surface area contributed by atoms with Crippen molar-refractivity contribution in [2.75, 3.05) is 38.1 Å². The Labute approximate surface area is 116 Å². The van der Waals surface area contributed by atoms with E-state index in [1.54, 1.807) is 12.3 Å². The van der Waals surface area contributed by atoms with Gasteiger partial charge in [0.1, 0.15) is 5.82 Å². The molecule has 0 bridgehead atoms. The predicted octanol–water partition coefficient (Wildman–Crippen LogP) is 1.29. The Morgan fingerprint density at radius 2 is 1.95 bits per heavy atom. The van der Waals surface area contributed by atoms with Crippen molar-refractivity contribution >= 4 is 22.5 Å². The number of hydrogen-bond acceptors (Lipinski definition) is 6. The molecular formula is C13H15N5O2. The van der Waals surface area contributed by atoms with Crippen LogP contribution in [-0.2, 0) is 0 Å². The molecule has 1 aliphatic heterocycles. The van der Waals surface area contributed by atoms with E-state index in [0.29, 0.717) is 11.0 Å². The van der Waals surface area contributed by atoms with E-state index in [1.807, 2.05) is 0 Å². The summed E-state index contributed by atoms with van der Waals surface area (Å²) in [6.07, 6.45) is 1.69. The lowest BCUT2D eigenvalue weighted by Gasteiger charge is -2.33. The fourth-order valence-electron chi connectivity index (χ4n) is 2.29. The van der Waals surface area contributed by atoms with Crippen molar-refractivity contribution in [1.82, 2.24) is 14.9 Å². The van der Waals surface area contributed by atoms with Crippen LogP contribution in [0.15, 0.2) is 24.4 Å². The first-order chi connectivity index (χ1) is 9.63. The van der Waals surface area contributed by atoms with Gasteiger partial charge in [-0.1, -0.05) is 0 Å². The van der Waals surface area contributed by atoms with E-state index < -0.39 is 4.92 Å². The quantitative estimate of drug-likeness (QED) is 0.606. The minimum atomic E-state index is -0.421. The van der Waals surface area contributed by atoms with Crippen LogP contribution in [0.4, 0.5) is 11.5 Å². The van der Waals surface area contributed by atoms with Gasteiger partial charge >= 0.3 is 0 Å². The van der Waals surface area contributed by atoms with E-state index in [1.165, 1.54) is 12.1 Å². The van der Waals surface area contributed by atoms with Crippen LogP contribution in [0.3, 0.4) is 0 Å². The number of non-ortho nitro benzene ring substituents is 1. The molecule has 7 nitrogen and oxygen atoms in total. The Balaban J connectivity index is 1.91. The van der Waals surface area contributed by atoms with Crippen LogP contribution in [0.5, 0.6) is 0 Å². The maximum Gasteiger partial charge on any atom is 0.271 e. The Morgan fingerprint density at radius 1 is 1.20 bits per heavy atom. The molecule has 0 atom stereocenters. The summed E-state index contributed by atoms with van der Waals surface area (Å²) in [4.78, 5) is 23.6. The first-order valence-electron chi connectivity index (χ1n) is 6.48. The maximum absolute atomic E-state index is 10.7. The molecule has 0 N–H and O–H groups in total. The molecular weight excluding hydrogens is 258 g/mol. The molecule has 1 aromatic carbocycles. The second-order valence-electron chi connectivity index (χ2n) is 4.95. The summed E-state index contributed by atoms with van der Waals surface area (Å²) in [7, 11) is 2.10. The number of likely N-dealkylation sites (N-methyl/N-ethyl adjacent to an activating group) is 1. The monoisotopic (exact) mass is 273 g/mol. The van der Waals surface area contributed by atoms with E-state index in [-0.39, 0.29) is 5.69 Å². The third-order valence-electron chi connectivity index (χ3n) is 3.55. The van der Waals surface area contributed by atoms with Crippen LogP contribution in [0, 0.1) is 10.1 Å². The second kappa shape index (κ2) is 5.01. The fraction of sp³-hybridized carbons (Fsp3) is 0.385. The predicted molar refractivity (Wildman–Crippen MR) is 75.9 cm³/mol. The smallest absolute Gasteiger partial charge is 0.271 e. The molecule has 0 amide bonds. The van der Waals surface area contributed by atoms with Gasteiger partial charge in [0.15, 0.2) is 0 Å².